The monoisotopic (exact) mass is 601 g/mol. The number of hydrogen-bond acceptors (Lipinski definition) is 7. The molecule has 0 spiro atoms. The van der Waals surface area contributed by atoms with Gasteiger partial charge >= 0.3 is 5.97 Å². The number of allylic oxidation sites excluding steroid dienone is 3. The van der Waals surface area contributed by atoms with E-state index in [1.165, 1.54) is 26.5 Å². The van der Waals surface area contributed by atoms with Crippen molar-refractivity contribution in [1.82, 2.24) is 14.8 Å². The van der Waals surface area contributed by atoms with Gasteiger partial charge in [0.2, 0.25) is 5.76 Å². The van der Waals surface area contributed by atoms with Gasteiger partial charge < -0.3 is 14.3 Å². The van der Waals surface area contributed by atoms with Crippen LogP contribution in [0.1, 0.15) is 54.9 Å². The van der Waals surface area contributed by atoms with E-state index in [4.69, 9.17) is 14.0 Å². The normalized spacial score (nSPS) is 33.7. The molecule has 3 aromatic rings. The van der Waals surface area contributed by atoms with Crippen LogP contribution in [0.4, 0.5) is 4.39 Å². The molecule has 1 aromatic carbocycles. The molecule has 0 saturated heterocycles. The molecule has 44 heavy (non-hydrogen) atoms. The number of rotatable bonds is 5. The zero-order chi connectivity index (χ0) is 31.0. The Labute approximate surface area is 254 Å². The fourth-order valence-electron chi connectivity index (χ4n) is 8.98. The molecule has 5 unspecified atom stereocenters. The Balaban J connectivity index is 1.30. The maximum atomic E-state index is 16.4. The second-order valence-corrected chi connectivity index (χ2v) is 13.1. The number of furan rings is 1. The topological polar surface area (TPSA) is 107 Å². The Kier molecular flexibility index (Phi) is 6.53. The predicted octanol–water partition coefficient (Wildman–Crippen LogP) is 5.31. The number of fused-ring (bicyclic) bond motifs is 6. The molecule has 7 rings (SSSR count). The van der Waals surface area contributed by atoms with Crippen LogP contribution in [0, 0.1) is 28.6 Å². The largest absolute Gasteiger partial charge is 0.457 e. The molecule has 1 amide bonds. The highest BCUT2D eigenvalue weighted by Crippen LogP contribution is 2.68. The van der Waals surface area contributed by atoms with Gasteiger partial charge in [-0.3, -0.25) is 9.63 Å². The van der Waals surface area contributed by atoms with Crippen molar-refractivity contribution >= 4 is 18.0 Å². The third-order valence-electron chi connectivity index (χ3n) is 11.0. The highest BCUT2D eigenvalue weighted by atomic mass is 19.1. The van der Waals surface area contributed by atoms with E-state index in [-0.39, 0.29) is 36.3 Å². The molecule has 2 heterocycles. The second kappa shape index (κ2) is 10.0. The summed E-state index contributed by atoms with van der Waals surface area (Å²) in [5, 5.41) is 17.8. The average Bonchev–Trinajstić information content (AvgIpc) is 3.74. The Morgan fingerprint density at radius 2 is 1.95 bits per heavy atom. The minimum absolute atomic E-state index is 0.0292. The number of likely N-dealkylation sites (N-methyl/N-ethyl adjacent to an activating group) is 1. The number of para-hydroxylation sites is 1. The Morgan fingerprint density at radius 1 is 1.18 bits per heavy atom. The number of halogens is 1. The minimum Gasteiger partial charge on any atom is -0.457 e. The lowest BCUT2D eigenvalue weighted by Crippen LogP contribution is -2.64. The molecule has 7 atom stereocenters. The van der Waals surface area contributed by atoms with Crippen LogP contribution in [0.5, 0.6) is 0 Å². The molecule has 4 aliphatic rings. The van der Waals surface area contributed by atoms with Gasteiger partial charge in [-0.2, -0.15) is 5.10 Å². The summed E-state index contributed by atoms with van der Waals surface area (Å²) in [6.07, 6.45) is 7.18. The summed E-state index contributed by atoms with van der Waals surface area (Å²) in [6, 6.07) is 12.8. The smallest absolute Gasteiger partial charge is 0.375 e. The number of aliphatic hydroxyl groups excluding tert-OH is 1. The van der Waals surface area contributed by atoms with E-state index in [9.17, 15) is 14.7 Å². The van der Waals surface area contributed by atoms with Crippen molar-refractivity contribution < 1.29 is 33.1 Å². The van der Waals surface area contributed by atoms with Crippen LogP contribution >= 0.6 is 0 Å². The summed E-state index contributed by atoms with van der Waals surface area (Å²) in [5.41, 5.74) is -0.140. The number of aliphatic hydroxyl groups is 1. The van der Waals surface area contributed by atoms with Gasteiger partial charge in [0.25, 0.3) is 5.91 Å². The summed E-state index contributed by atoms with van der Waals surface area (Å²) in [4.78, 5) is 32.6. The van der Waals surface area contributed by atoms with Crippen molar-refractivity contribution in [3.05, 3.63) is 89.4 Å². The van der Waals surface area contributed by atoms with Crippen molar-refractivity contribution in [2.75, 3.05) is 14.2 Å². The standard InChI is InChI=1S/C34H36FN3O6/c1-32-17-20-19-36-38(21-9-6-5-7-10-21)26(20)16-24(32)25(35)15-22-23-12-13-34(31(41)37(3)42-4,33(23,2)18-27(39)29(22)32)44-30(40)28-11-8-14-43-28/h5-11,14-16,19,22-23,27,29,39H,12-13,17-18H2,1-4H3/t22?,23?,27-,29?,32?,33?,34-/m0/s1. The average molecular weight is 602 g/mol. The van der Waals surface area contributed by atoms with E-state index in [1.54, 1.807) is 12.1 Å². The number of ether oxygens (including phenoxy) is 1. The van der Waals surface area contributed by atoms with Crippen LogP contribution in [0.3, 0.4) is 0 Å². The first-order valence-electron chi connectivity index (χ1n) is 15.0. The van der Waals surface area contributed by atoms with Crippen molar-refractivity contribution in [1.29, 1.82) is 0 Å². The first kappa shape index (κ1) is 28.7. The van der Waals surface area contributed by atoms with Crippen molar-refractivity contribution in [2.24, 2.45) is 28.6 Å². The first-order valence-corrected chi connectivity index (χ1v) is 15.0. The SMILES string of the molecule is CON(C)C(=O)[C@@]1(OC(=O)c2ccco2)CCC2C3C=C(F)C4=Cc5c(cnn5-c5ccccc5)CC4(C)C3[C@@H](O)CC21C. The molecule has 2 saturated carbocycles. The molecule has 1 N–H and O–H groups in total. The third-order valence-corrected chi connectivity index (χ3v) is 11.0. The maximum Gasteiger partial charge on any atom is 0.375 e. The number of esters is 1. The molecule has 230 valence electrons. The number of amides is 1. The third kappa shape index (κ3) is 3.86. The molecule has 0 aliphatic heterocycles. The highest BCUT2D eigenvalue weighted by Gasteiger charge is 2.71. The number of hydroxylamine groups is 2. The molecular formula is C34H36FN3O6. The zero-order valence-corrected chi connectivity index (χ0v) is 25.2. The number of benzene rings is 1. The highest BCUT2D eigenvalue weighted by molar-refractivity contribution is 5.93. The molecule has 4 aliphatic carbocycles. The fraction of sp³-hybridized carbons (Fsp3) is 0.441. The maximum absolute atomic E-state index is 16.4. The van der Waals surface area contributed by atoms with Gasteiger partial charge in [0, 0.05) is 23.8 Å². The Morgan fingerprint density at radius 3 is 2.66 bits per heavy atom. The molecule has 0 radical (unpaired) electrons. The first-order chi connectivity index (χ1) is 21.0. The summed E-state index contributed by atoms with van der Waals surface area (Å²) in [5.74, 6) is -2.65. The van der Waals surface area contributed by atoms with Crippen molar-refractivity contribution in [3.63, 3.8) is 0 Å². The summed E-state index contributed by atoms with van der Waals surface area (Å²) in [7, 11) is 2.84. The minimum atomic E-state index is -1.66. The number of carbonyl (C=O) groups excluding carboxylic acids is 2. The second-order valence-electron chi connectivity index (χ2n) is 13.1. The van der Waals surface area contributed by atoms with E-state index < -0.39 is 40.3 Å². The number of aromatic nitrogens is 2. The summed E-state index contributed by atoms with van der Waals surface area (Å²) in [6.45, 7) is 3.91. The quantitative estimate of drug-likeness (QED) is 0.312. The van der Waals surface area contributed by atoms with Crippen LogP contribution in [-0.2, 0) is 20.8 Å². The van der Waals surface area contributed by atoms with Crippen LogP contribution in [0.2, 0.25) is 0 Å². The van der Waals surface area contributed by atoms with E-state index in [0.29, 0.717) is 18.4 Å². The zero-order valence-electron chi connectivity index (χ0n) is 25.2. The van der Waals surface area contributed by atoms with E-state index in [1.807, 2.05) is 61.1 Å². The van der Waals surface area contributed by atoms with Crippen molar-refractivity contribution in [3.8, 4) is 5.69 Å². The molecule has 2 aromatic heterocycles. The van der Waals surface area contributed by atoms with E-state index in [0.717, 1.165) is 22.0 Å². The molecule has 2 fully saturated rings. The van der Waals surface area contributed by atoms with Gasteiger partial charge in [-0.05, 0) is 85.1 Å². The van der Waals surface area contributed by atoms with Crippen LogP contribution in [-0.4, -0.2) is 57.7 Å². The lowest BCUT2D eigenvalue weighted by Gasteiger charge is -2.59. The van der Waals surface area contributed by atoms with E-state index >= 15 is 4.39 Å². The van der Waals surface area contributed by atoms with Gasteiger partial charge in [0.1, 0.15) is 5.83 Å². The Hall–Kier alpha value is -4.02. The lowest BCUT2D eigenvalue weighted by molar-refractivity contribution is -0.211. The molecule has 0 bridgehead atoms. The van der Waals surface area contributed by atoms with Gasteiger partial charge in [-0.1, -0.05) is 32.0 Å². The van der Waals surface area contributed by atoms with Crippen LogP contribution < -0.4 is 0 Å². The van der Waals surface area contributed by atoms with Crippen molar-refractivity contribution in [2.45, 2.75) is 51.2 Å². The van der Waals surface area contributed by atoms with Gasteiger partial charge in [0.05, 0.1) is 37.1 Å². The number of carbonyl (C=O) groups is 2. The lowest BCUT2D eigenvalue weighted by atomic mass is 9.47. The predicted molar refractivity (Wildman–Crippen MR) is 158 cm³/mol. The fourth-order valence-corrected chi connectivity index (χ4v) is 8.98. The molecule has 9 nitrogen and oxygen atoms in total. The number of hydrogen-bond donors (Lipinski definition) is 1. The van der Waals surface area contributed by atoms with E-state index in [2.05, 4.69) is 5.10 Å². The molecule has 10 heteroatoms. The van der Waals surface area contributed by atoms with Crippen LogP contribution in [0.25, 0.3) is 11.8 Å². The van der Waals surface area contributed by atoms with Gasteiger partial charge in [0.15, 0.2) is 5.60 Å². The molecular weight excluding hydrogens is 565 g/mol. The Bertz CT molecular complexity index is 1680. The summed E-state index contributed by atoms with van der Waals surface area (Å²) >= 11 is 0. The van der Waals surface area contributed by atoms with Gasteiger partial charge in [-0.25, -0.2) is 18.9 Å². The van der Waals surface area contributed by atoms with Crippen LogP contribution in [0.15, 0.2) is 76.8 Å². The van der Waals surface area contributed by atoms with Gasteiger partial charge in [-0.15, -0.1) is 0 Å². The number of nitrogens with zero attached hydrogens (tertiary/aromatic N) is 3. The summed E-state index contributed by atoms with van der Waals surface area (Å²) < 4.78 is 29.6.